The lowest BCUT2D eigenvalue weighted by molar-refractivity contribution is 0.142. The van der Waals surface area contributed by atoms with Crippen LogP contribution >= 0.6 is 11.6 Å². The summed E-state index contributed by atoms with van der Waals surface area (Å²) in [4.78, 5) is 2.53. The van der Waals surface area contributed by atoms with Gasteiger partial charge in [0.25, 0.3) is 0 Å². The SMILES string of the molecule is CCNC1CCN(Cc2cccc(Cl)c2)CC1C. The number of nitrogens with zero attached hydrogens (tertiary/aromatic N) is 1. The molecule has 1 N–H and O–H groups in total. The first-order valence-electron chi connectivity index (χ1n) is 6.89. The van der Waals surface area contributed by atoms with Crippen LogP contribution in [0.1, 0.15) is 25.8 Å². The fourth-order valence-corrected chi connectivity index (χ4v) is 3.05. The second-order valence-corrected chi connectivity index (χ2v) is 5.73. The molecule has 18 heavy (non-hydrogen) atoms. The van der Waals surface area contributed by atoms with Crippen LogP contribution in [0.25, 0.3) is 0 Å². The van der Waals surface area contributed by atoms with Crippen LogP contribution < -0.4 is 5.32 Å². The maximum Gasteiger partial charge on any atom is 0.0409 e. The Morgan fingerprint density at radius 3 is 2.94 bits per heavy atom. The Balaban J connectivity index is 1.89. The molecule has 0 bridgehead atoms. The van der Waals surface area contributed by atoms with Gasteiger partial charge in [0.05, 0.1) is 0 Å². The number of rotatable bonds is 4. The lowest BCUT2D eigenvalue weighted by atomic mass is 9.93. The van der Waals surface area contributed by atoms with Crippen LogP contribution in [0.3, 0.4) is 0 Å². The van der Waals surface area contributed by atoms with E-state index in [4.69, 9.17) is 11.6 Å². The molecule has 100 valence electrons. The Morgan fingerprint density at radius 1 is 1.44 bits per heavy atom. The fourth-order valence-electron chi connectivity index (χ4n) is 2.83. The van der Waals surface area contributed by atoms with E-state index in [2.05, 4.69) is 36.2 Å². The highest BCUT2D eigenvalue weighted by Gasteiger charge is 2.24. The van der Waals surface area contributed by atoms with E-state index in [1.807, 2.05) is 12.1 Å². The zero-order chi connectivity index (χ0) is 13.0. The maximum absolute atomic E-state index is 6.03. The van der Waals surface area contributed by atoms with E-state index in [0.717, 1.165) is 24.0 Å². The van der Waals surface area contributed by atoms with E-state index in [9.17, 15) is 0 Å². The van der Waals surface area contributed by atoms with E-state index in [1.165, 1.54) is 25.1 Å². The van der Waals surface area contributed by atoms with Gasteiger partial charge in [0.1, 0.15) is 0 Å². The van der Waals surface area contributed by atoms with Gasteiger partial charge in [-0.1, -0.05) is 37.6 Å². The molecular weight excluding hydrogens is 244 g/mol. The summed E-state index contributed by atoms with van der Waals surface area (Å²) < 4.78 is 0. The molecular formula is C15H23ClN2. The zero-order valence-corrected chi connectivity index (χ0v) is 12.1. The Kier molecular flexibility index (Phi) is 5.04. The van der Waals surface area contributed by atoms with Crippen molar-refractivity contribution >= 4 is 11.6 Å². The zero-order valence-electron chi connectivity index (χ0n) is 11.3. The molecule has 2 atom stereocenters. The molecule has 1 aromatic carbocycles. The molecule has 0 saturated carbocycles. The standard InChI is InChI=1S/C15H23ClN2/c1-3-17-15-7-8-18(10-12(15)2)11-13-5-4-6-14(16)9-13/h4-6,9,12,15,17H,3,7-8,10-11H2,1-2H3. The van der Waals surface area contributed by atoms with Gasteiger partial charge in [-0.25, -0.2) is 0 Å². The number of nitrogens with one attached hydrogen (secondary N) is 1. The molecule has 0 radical (unpaired) electrons. The van der Waals surface area contributed by atoms with Crippen molar-refractivity contribution in [1.29, 1.82) is 0 Å². The first-order chi connectivity index (χ1) is 8.69. The molecule has 1 aliphatic heterocycles. The van der Waals surface area contributed by atoms with Crippen LogP contribution in [0.15, 0.2) is 24.3 Å². The maximum atomic E-state index is 6.03. The van der Waals surface area contributed by atoms with Crippen LogP contribution in [0.4, 0.5) is 0 Å². The van der Waals surface area contributed by atoms with Gasteiger partial charge in [0.2, 0.25) is 0 Å². The molecule has 0 aromatic heterocycles. The van der Waals surface area contributed by atoms with Gasteiger partial charge < -0.3 is 5.32 Å². The van der Waals surface area contributed by atoms with Gasteiger partial charge in [-0.15, -0.1) is 0 Å². The first kappa shape index (κ1) is 13.9. The average Bonchev–Trinajstić information content (AvgIpc) is 2.33. The quantitative estimate of drug-likeness (QED) is 0.901. The number of benzene rings is 1. The molecule has 1 heterocycles. The van der Waals surface area contributed by atoms with E-state index in [0.29, 0.717) is 6.04 Å². The van der Waals surface area contributed by atoms with Crippen molar-refractivity contribution in [2.75, 3.05) is 19.6 Å². The normalized spacial score (nSPS) is 25.3. The third-order valence-corrected chi connectivity index (χ3v) is 3.99. The number of hydrogen-bond acceptors (Lipinski definition) is 2. The van der Waals surface area contributed by atoms with Crippen molar-refractivity contribution in [3.8, 4) is 0 Å². The second kappa shape index (κ2) is 6.55. The molecule has 0 aliphatic carbocycles. The first-order valence-corrected chi connectivity index (χ1v) is 7.27. The molecule has 1 aromatic rings. The Hall–Kier alpha value is -0.570. The van der Waals surface area contributed by atoms with Crippen LogP contribution in [0, 0.1) is 5.92 Å². The highest BCUT2D eigenvalue weighted by atomic mass is 35.5. The summed E-state index contributed by atoms with van der Waals surface area (Å²) in [5.74, 6) is 0.720. The van der Waals surface area contributed by atoms with E-state index >= 15 is 0 Å². The summed E-state index contributed by atoms with van der Waals surface area (Å²) in [6.45, 7) is 8.97. The van der Waals surface area contributed by atoms with E-state index in [-0.39, 0.29) is 0 Å². The van der Waals surface area contributed by atoms with Gasteiger partial charge in [-0.2, -0.15) is 0 Å². The molecule has 3 heteroatoms. The van der Waals surface area contributed by atoms with Crippen molar-refractivity contribution in [3.63, 3.8) is 0 Å². The minimum atomic E-state index is 0.686. The van der Waals surface area contributed by atoms with Crippen molar-refractivity contribution in [2.24, 2.45) is 5.92 Å². The van der Waals surface area contributed by atoms with E-state index < -0.39 is 0 Å². The molecule has 1 saturated heterocycles. The number of likely N-dealkylation sites (tertiary alicyclic amines) is 1. The molecule has 0 spiro atoms. The van der Waals surface area contributed by atoms with Crippen molar-refractivity contribution in [1.82, 2.24) is 10.2 Å². The molecule has 0 amide bonds. The summed E-state index contributed by atoms with van der Waals surface area (Å²) in [5.41, 5.74) is 1.32. The number of piperidine rings is 1. The van der Waals surface area contributed by atoms with Crippen molar-refractivity contribution in [3.05, 3.63) is 34.9 Å². The van der Waals surface area contributed by atoms with Gasteiger partial charge in [-0.05, 0) is 43.1 Å². The Bertz CT molecular complexity index is 381. The summed E-state index contributed by atoms with van der Waals surface area (Å²) in [6.07, 6.45) is 1.25. The van der Waals surface area contributed by atoms with Crippen LogP contribution in [0.2, 0.25) is 5.02 Å². The van der Waals surface area contributed by atoms with Gasteiger partial charge in [-0.3, -0.25) is 4.90 Å². The van der Waals surface area contributed by atoms with Gasteiger partial charge in [0, 0.05) is 24.2 Å². The van der Waals surface area contributed by atoms with Crippen LogP contribution in [-0.2, 0) is 6.54 Å². The monoisotopic (exact) mass is 266 g/mol. The van der Waals surface area contributed by atoms with Gasteiger partial charge in [0.15, 0.2) is 0 Å². The Morgan fingerprint density at radius 2 is 2.28 bits per heavy atom. The van der Waals surface area contributed by atoms with Gasteiger partial charge >= 0.3 is 0 Å². The van der Waals surface area contributed by atoms with Crippen molar-refractivity contribution < 1.29 is 0 Å². The highest BCUT2D eigenvalue weighted by molar-refractivity contribution is 6.30. The second-order valence-electron chi connectivity index (χ2n) is 5.30. The average molecular weight is 267 g/mol. The number of halogens is 1. The summed E-state index contributed by atoms with van der Waals surface area (Å²) >= 11 is 6.03. The fraction of sp³-hybridized carbons (Fsp3) is 0.600. The topological polar surface area (TPSA) is 15.3 Å². The molecule has 2 unspecified atom stereocenters. The molecule has 1 aliphatic rings. The largest absolute Gasteiger partial charge is 0.314 e. The van der Waals surface area contributed by atoms with Crippen LogP contribution in [-0.4, -0.2) is 30.6 Å². The summed E-state index contributed by atoms with van der Waals surface area (Å²) in [6, 6.07) is 8.89. The summed E-state index contributed by atoms with van der Waals surface area (Å²) in [5, 5.41) is 4.42. The highest BCUT2D eigenvalue weighted by Crippen LogP contribution is 2.20. The minimum absolute atomic E-state index is 0.686. The number of hydrogen-bond donors (Lipinski definition) is 1. The van der Waals surface area contributed by atoms with Crippen molar-refractivity contribution in [2.45, 2.75) is 32.9 Å². The summed E-state index contributed by atoms with van der Waals surface area (Å²) in [7, 11) is 0. The predicted octanol–water partition coefficient (Wildman–Crippen LogP) is 3.16. The predicted molar refractivity (Wildman–Crippen MR) is 78.0 cm³/mol. The molecule has 2 nitrogen and oxygen atoms in total. The third-order valence-electron chi connectivity index (χ3n) is 3.75. The minimum Gasteiger partial charge on any atom is -0.314 e. The third kappa shape index (κ3) is 3.71. The molecule has 1 fully saturated rings. The lowest BCUT2D eigenvalue weighted by Crippen LogP contribution is -2.47. The molecule has 2 rings (SSSR count). The lowest BCUT2D eigenvalue weighted by Gasteiger charge is -2.37. The van der Waals surface area contributed by atoms with Crippen LogP contribution in [0.5, 0.6) is 0 Å². The smallest absolute Gasteiger partial charge is 0.0409 e. The Labute approximate surface area is 115 Å². The van der Waals surface area contributed by atoms with E-state index in [1.54, 1.807) is 0 Å².